The van der Waals surface area contributed by atoms with Crippen LogP contribution in [-0.4, -0.2) is 21.9 Å². The molecule has 3 aromatic carbocycles. The van der Waals surface area contributed by atoms with E-state index < -0.39 is 0 Å². The van der Waals surface area contributed by atoms with Gasteiger partial charge in [0.25, 0.3) is 11.5 Å². The SMILES string of the molecule is O=C(COc1ccc(C=c2sc3nc4ccccc4n3c2=O)cc1Cl)Nc1ccccc1. The van der Waals surface area contributed by atoms with Crippen molar-refractivity contribution in [2.45, 2.75) is 0 Å². The second-order valence-electron chi connectivity index (χ2n) is 7.03. The van der Waals surface area contributed by atoms with Crippen molar-refractivity contribution >= 4 is 56.6 Å². The lowest BCUT2D eigenvalue weighted by Crippen LogP contribution is -2.22. The number of fused-ring (bicyclic) bond motifs is 3. The minimum absolute atomic E-state index is 0.118. The zero-order valence-electron chi connectivity index (χ0n) is 16.6. The van der Waals surface area contributed by atoms with E-state index in [0.29, 0.717) is 26.0 Å². The molecular formula is C24H16ClN3O3S. The summed E-state index contributed by atoms with van der Waals surface area (Å²) >= 11 is 7.67. The van der Waals surface area contributed by atoms with Gasteiger partial charge in [-0.05, 0) is 48.0 Å². The number of rotatable bonds is 5. The van der Waals surface area contributed by atoms with Gasteiger partial charge < -0.3 is 10.1 Å². The van der Waals surface area contributed by atoms with Crippen LogP contribution in [0.3, 0.4) is 0 Å². The number of carbonyl (C=O) groups is 1. The fourth-order valence-electron chi connectivity index (χ4n) is 3.35. The van der Waals surface area contributed by atoms with Gasteiger partial charge in [-0.25, -0.2) is 9.38 Å². The molecule has 2 heterocycles. The first-order chi connectivity index (χ1) is 15.6. The average molecular weight is 462 g/mol. The number of nitrogens with one attached hydrogen (secondary N) is 1. The van der Waals surface area contributed by atoms with E-state index >= 15 is 0 Å². The summed E-state index contributed by atoms with van der Waals surface area (Å²) in [6.07, 6.45) is 1.77. The number of halogens is 1. The van der Waals surface area contributed by atoms with Crippen molar-refractivity contribution in [1.82, 2.24) is 9.38 Å². The van der Waals surface area contributed by atoms with Crippen LogP contribution in [0.2, 0.25) is 5.02 Å². The molecule has 5 aromatic rings. The van der Waals surface area contributed by atoms with Gasteiger partial charge in [-0.1, -0.05) is 59.3 Å². The van der Waals surface area contributed by atoms with Gasteiger partial charge >= 0.3 is 0 Å². The van der Waals surface area contributed by atoms with E-state index in [9.17, 15) is 9.59 Å². The summed E-state index contributed by atoms with van der Waals surface area (Å²) in [6, 6.07) is 21.9. The molecule has 158 valence electrons. The third kappa shape index (κ3) is 3.95. The average Bonchev–Trinajstić information content (AvgIpc) is 3.30. The normalized spacial score (nSPS) is 11.8. The summed E-state index contributed by atoms with van der Waals surface area (Å²) in [5.74, 6) is 0.106. The lowest BCUT2D eigenvalue weighted by molar-refractivity contribution is -0.118. The molecule has 0 aliphatic carbocycles. The van der Waals surface area contributed by atoms with Gasteiger partial charge in [0.2, 0.25) is 0 Å². The van der Waals surface area contributed by atoms with Crippen LogP contribution in [0, 0.1) is 0 Å². The summed E-state index contributed by atoms with van der Waals surface area (Å²) in [5, 5.41) is 3.10. The van der Waals surface area contributed by atoms with Crippen molar-refractivity contribution in [1.29, 1.82) is 0 Å². The molecule has 5 rings (SSSR count). The molecule has 0 atom stereocenters. The van der Waals surface area contributed by atoms with Gasteiger partial charge in [-0.15, -0.1) is 0 Å². The first kappa shape index (κ1) is 20.2. The Hall–Kier alpha value is -3.68. The Morgan fingerprint density at radius 2 is 1.88 bits per heavy atom. The van der Waals surface area contributed by atoms with E-state index in [1.807, 2.05) is 42.5 Å². The monoisotopic (exact) mass is 461 g/mol. The van der Waals surface area contributed by atoms with E-state index in [0.717, 1.165) is 16.6 Å². The van der Waals surface area contributed by atoms with Gasteiger partial charge in [0.05, 0.1) is 20.6 Å². The topological polar surface area (TPSA) is 72.7 Å². The van der Waals surface area contributed by atoms with Gasteiger partial charge in [0.1, 0.15) is 5.75 Å². The molecule has 0 aliphatic heterocycles. The highest BCUT2D eigenvalue weighted by atomic mass is 35.5. The number of hydrogen-bond donors (Lipinski definition) is 1. The standard InChI is InChI=1S/C24H16ClN3O3S/c25-17-12-15(10-11-20(17)31-14-22(29)26-16-6-2-1-3-7-16)13-21-23(30)28-19-9-5-4-8-18(19)27-24(28)32-21/h1-13H,14H2,(H,26,29). The Kier molecular flexibility index (Phi) is 5.34. The molecule has 0 saturated heterocycles. The lowest BCUT2D eigenvalue weighted by atomic mass is 10.2. The zero-order valence-corrected chi connectivity index (χ0v) is 18.2. The van der Waals surface area contributed by atoms with E-state index in [4.69, 9.17) is 16.3 Å². The first-order valence-corrected chi connectivity index (χ1v) is 11.0. The van der Waals surface area contributed by atoms with E-state index in [2.05, 4.69) is 10.3 Å². The molecule has 32 heavy (non-hydrogen) atoms. The smallest absolute Gasteiger partial charge is 0.274 e. The molecule has 0 bridgehead atoms. The fourth-order valence-corrected chi connectivity index (χ4v) is 4.58. The van der Waals surface area contributed by atoms with Crippen molar-refractivity contribution in [2.75, 3.05) is 11.9 Å². The summed E-state index contributed by atoms with van der Waals surface area (Å²) in [4.78, 5) is 30.1. The Balaban J connectivity index is 1.35. The predicted octanol–water partition coefficient (Wildman–Crippen LogP) is 4.13. The molecular weight excluding hydrogens is 446 g/mol. The van der Waals surface area contributed by atoms with Crippen molar-refractivity contribution in [3.05, 3.63) is 98.3 Å². The van der Waals surface area contributed by atoms with Crippen LogP contribution >= 0.6 is 22.9 Å². The quantitative estimate of drug-likeness (QED) is 0.427. The largest absolute Gasteiger partial charge is 0.482 e. The minimum atomic E-state index is -0.284. The molecule has 0 unspecified atom stereocenters. The lowest BCUT2D eigenvalue weighted by Gasteiger charge is -2.09. The van der Waals surface area contributed by atoms with Crippen LogP contribution in [-0.2, 0) is 4.79 Å². The number of benzene rings is 3. The minimum Gasteiger partial charge on any atom is -0.482 e. The molecule has 0 aliphatic rings. The van der Waals surface area contributed by atoms with Crippen molar-refractivity contribution in [3.63, 3.8) is 0 Å². The highest BCUT2D eigenvalue weighted by molar-refractivity contribution is 7.15. The van der Waals surface area contributed by atoms with Gasteiger partial charge in [0, 0.05) is 5.69 Å². The molecule has 1 amide bonds. The van der Waals surface area contributed by atoms with E-state index in [1.165, 1.54) is 11.3 Å². The summed E-state index contributed by atoms with van der Waals surface area (Å²) in [6.45, 7) is -0.169. The predicted molar refractivity (Wildman–Crippen MR) is 128 cm³/mol. The van der Waals surface area contributed by atoms with Crippen LogP contribution in [0.15, 0.2) is 77.6 Å². The molecule has 8 heteroatoms. The van der Waals surface area contributed by atoms with E-state index in [1.54, 1.807) is 40.8 Å². The molecule has 6 nitrogen and oxygen atoms in total. The molecule has 0 saturated carbocycles. The molecule has 0 spiro atoms. The second-order valence-corrected chi connectivity index (χ2v) is 8.44. The molecule has 0 fully saturated rings. The summed E-state index contributed by atoms with van der Waals surface area (Å²) in [7, 11) is 0. The number of hydrogen-bond acceptors (Lipinski definition) is 5. The Labute approximate surface area is 191 Å². The number of imidazole rings is 1. The maximum Gasteiger partial charge on any atom is 0.274 e. The van der Waals surface area contributed by atoms with Gasteiger partial charge in [-0.2, -0.15) is 0 Å². The number of para-hydroxylation sites is 3. The number of ether oxygens (including phenoxy) is 1. The van der Waals surface area contributed by atoms with Gasteiger partial charge in [-0.3, -0.25) is 9.59 Å². The summed E-state index contributed by atoms with van der Waals surface area (Å²) < 4.78 is 7.73. The Bertz CT molecular complexity index is 1560. The fraction of sp³-hybridized carbons (Fsp3) is 0.0417. The van der Waals surface area contributed by atoms with E-state index in [-0.39, 0.29) is 18.1 Å². The van der Waals surface area contributed by atoms with Crippen molar-refractivity contribution in [2.24, 2.45) is 0 Å². The van der Waals surface area contributed by atoms with Crippen LogP contribution < -0.4 is 20.1 Å². The number of carbonyl (C=O) groups excluding carboxylic acids is 1. The number of aromatic nitrogens is 2. The maximum absolute atomic E-state index is 12.9. The zero-order chi connectivity index (χ0) is 22.1. The highest BCUT2D eigenvalue weighted by Gasteiger charge is 2.11. The third-order valence-corrected chi connectivity index (χ3v) is 6.08. The number of amides is 1. The maximum atomic E-state index is 12.9. The first-order valence-electron chi connectivity index (χ1n) is 9.77. The van der Waals surface area contributed by atoms with Crippen LogP contribution in [0.5, 0.6) is 5.75 Å². The highest BCUT2D eigenvalue weighted by Crippen LogP contribution is 2.26. The second kappa shape index (κ2) is 8.45. The molecule has 0 radical (unpaired) electrons. The van der Waals surface area contributed by atoms with Crippen LogP contribution in [0.4, 0.5) is 5.69 Å². The van der Waals surface area contributed by atoms with Crippen molar-refractivity contribution < 1.29 is 9.53 Å². The number of nitrogens with zero attached hydrogens (tertiary/aromatic N) is 2. The van der Waals surface area contributed by atoms with Crippen LogP contribution in [0.1, 0.15) is 5.56 Å². The Morgan fingerprint density at radius 1 is 1.09 bits per heavy atom. The third-order valence-electron chi connectivity index (χ3n) is 4.82. The summed E-state index contributed by atoms with van der Waals surface area (Å²) in [5.41, 5.74) is 2.91. The number of thiazole rings is 1. The van der Waals surface area contributed by atoms with Crippen molar-refractivity contribution in [3.8, 4) is 5.75 Å². The van der Waals surface area contributed by atoms with Crippen LogP contribution in [0.25, 0.3) is 22.1 Å². The Morgan fingerprint density at radius 3 is 2.69 bits per heavy atom. The molecule has 2 aromatic heterocycles. The number of anilines is 1. The molecule has 1 N–H and O–H groups in total. The van der Waals surface area contributed by atoms with Gasteiger partial charge in [0.15, 0.2) is 11.6 Å².